The minimum atomic E-state index is -2.50. The van der Waals surface area contributed by atoms with Gasteiger partial charge in [0.15, 0.2) is 0 Å². The molecule has 0 fully saturated rings. The molecule has 1 nitrogen and oxygen atoms in total. The van der Waals surface area contributed by atoms with Crippen LogP contribution in [0.5, 0.6) is 0 Å². The second kappa shape index (κ2) is 4.97. The molecule has 0 saturated heterocycles. The van der Waals surface area contributed by atoms with Crippen molar-refractivity contribution >= 4 is 28.7 Å². The summed E-state index contributed by atoms with van der Waals surface area (Å²) in [5.41, 5.74) is 0. The van der Waals surface area contributed by atoms with Crippen LogP contribution in [0.1, 0.15) is 0 Å². The standard InChI is InChI=1S/C13H14ClOP/c1-15-16(14,12-8-4-2-5-9-12)13-10-6-3-7-11-13/h2-11,16H,1H3. The monoisotopic (exact) mass is 252 g/mol. The van der Waals surface area contributed by atoms with E-state index in [0.29, 0.717) is 0 Å². The molecular weight excluding hydrogens is 239 g/mol. The zero-order valence-corrected chi connectivity index (χ0v) is 10.8. The predicted octanol–water partition coefficient (Wildman–Crippen LogP) is 3.10. The average molecular weight is 253 g/mol. The van der Waals surface area contributed by atoms with E-state index in [1.54, 1.807) is 7.11 Å². The van der Waals surface area contributed by atoms with Crippen LogP contribution in [0.25, 0.3) is 0 Å². The van der Waals surface area contributed by atoms with Gasteiger partial charge < -0.3 is 0 Å². The van der Waals surface area contributed by atoms with Gasteiger partial charge in [-0.25, -0.2) is 0 Å². The molecular formula is C13H14ClOP. The predicted molar refractivity (Wildman–Crippen MR) is 73.3 cm³/mol. The van der Waals surface area contributed by atoms with Gasteiger partial charge >= 0.3 is 101 Å². The molecule has 0 aromatic heterocycles. The Morgan fingerprint density at radius 2 is 1.19 bits per heavy atom. The zero-order valence-electron chi connectivity index (χ0n) is 9.06. The molecule has 0 atom stereocenters. The van der Waals surface area contributed by atoms with Crippen LogP contribution in [0.3, 0.4) is 0 Å². The minimum absolute atomic E-state index is 1.07. The summed E-state index contributed by atoms with van der Waals surface area (Å²) in [5.74, 6) is 0. The number of halogens is 1. The second-order valence-corrected chi connectivity index (χ2v) is 7.88. The molecule has 84 valence electrons. The summed E-state index contributed by atoms with van der Waals surface area (Å²) in [7, 11) is 1.68. The van der Waals surface area contributed by atoms with Crippen molar-refractivity contribution in [2.75, 3.05) is 7.11 Å². The average Bonchev–Trinajstić information content (AvgIpc) is 2.40. The van der Waals surface area contributed by atoms with Gasteiger partial charge in [0.05, 0.1) is 0 Å². The van der Waals surface area contributed by atoms with Crippen molar-refractivity contribution in [2.24, 2.45) is 0 Å². The van der Waals surface area contributed by atoms with Crippen LogP contribution < -0.4 is 10.6 Å². The maximum absolute atomic E-state index is 6.69. The van der Waals surface area contributed by atoms with Gasteiger partial charge in [-0.2, -0.15) is 0 Å². The van der Waals surface area contributed by atoms with Crippen LogP contribution in [0.15, 0.2) is 60.7 Å². The Morgan fingerprint density at radius 3 is 1.50 bits per heavy atom. The van der Waals surface area contributed by atoms with E-state index in [4.69, 9.17) is 15.8 Å². The Morgan fingerprint density at radius 1 is 0.812 bits per heavy atom. The molecule has 0 heterocycles. The maximum atomic E-state index is 6.69. The topological polar surface area (TPSA) is 9.23 Å². The number of hydrogen-bond acceptors (Lipinski definition) is 1. The second-order valence-electron chi connectivity index (χ2n) is 3.53. The Bertz CT molecular complexity index is 405. The van der Waals surface area contributed by atoms with Crippen LogP contribution in [-0.4, -0.2) is 7.11 Å². The first-order valence-electron chi connectivity index (χ1n) is 5.12. The van der Waals surface area contributed by atoms with Crippen LogP contribution in [-0.2, 0) is 4.52 Å². The molecule has 0 aliphatic rings. The summed E-state index contributed by atoms with van der Waals surface area (Å²) in [4.78, 5) is 0. The van der Waals surface area contributed by atoms with Crippen LogP contribution in [0.2, 0.25) is 0 Å². The molecule has 0 spiro atoms. The summed E-state index contributed by atoms with van der Waals surface area (Å²) < 4.78 is 5.61. The fourth-order valence-electron chi connectivity index (χ4n) is 1.71. The molecule has 0 bridgehead atoms. The van der Waals surface area contributed by atoms with Crippen molar-refractivity contribution in [3.63, 3.8) is 0 Å². The van der Waals surface area contributed by atoms with E-state index in [-0.39, 0.29) is 0 Å². The third-order valence-electron chi connectivity index (χ3n) is 2.57. The Kier molecular flexibility index (Phi) is 3.60. The van der Waals surface area contributed by atoms with E-state index in [9.17, 15) is 0 Å². The molecule has 0 unspecified atom stereocenters. The van der Waals surface area contributed by atoms with Crippen molar-refractivity contribution in [1.82, 2.24) is 0 Å². The quantitative estimate of drug-likeness (QED) is 0.763. The van der Waals surface area contributed by atoms with Crippen LogP contribution >= 0.6 is 18.1 Å². The van der Waals surface area contributed by atoms with Crippen molar-refractivity contribution in [2.45, 2.75) is 0 Å². The number of rotatable bonds is 3. The van der Waals surface area contributed by atoms with Gasteiger partial charge in [0, 0.05) is 0 Å². The summed E-state index contributed by atoms with van der Waals surface area (Å²) in [5, 5.41) is 2.15. The first-order valence-corrected chi connectivity index (χ1v) is 8.04. The Balaban J connectivity index is 2.49. The van der Waals surface area contributed by atoms with E-state index >= 15 is 0 Å². The Hall–Kier alpha value is -0.880. The number of benzene rings is 2. The van der Waals surface area contributed by atoms with Crippen LogP contribution in [0, 0.1) is 0 Å². The SMILES string of the molecule is CO[PH](Cl)(c1ccccc1)c1ccccc1. The molecule has 0 amide bonds. The van der Waals surface area contributed by atoms with Gasteiger partial charge in [-0.1, -0.05) is 0 Å². The van der Waals surface area contributed by atoms with Crippen molar-refractivity contribution < 1.29 is 4.52 Å². The molecule has 0 N–H and O–H groups in total. The molecule has 0 aliphatic heterocycles. The molecule has 0 saturated carbocycles. The molecule has 0 radical (unpaired) electrons. The van der Waals surface area contributed by atoms with Gasteiger partial charge in [-0.3, -0.25) is 0 Å². The van der Waals surface area contributed by atoms with Gasteiger partial charge in [0.1, 0.15) is 0 Å². The van der Waals surface area contributed by atoms with Gasteiger partial charge in [-0.05, 0) is 0 Å². The molecule has 16 heavy (non-hydrogen) atoms. The molecule has 0 aliphatic carbocycles. The normalized spacial score (nSPS) is 12.4. The fourth-order valence-corrected chi connectivity index (χ4v) is 4.51. The van der Waals surface area contributed by atoms with E-state index < -0.39 is 6.84 Å². The van der Waals surface area contributed by atoms with E-state index in [1.165, 1.54) is 0 Å². The molecule has 3 heteroatoms. The van der Waals surface area contributed by atoms with Crippen molar-refractivity contribution in [3.8, 4) is 0 Å². The van der Waals surface area contributed by atoms with Crippen molar-refractivity contribution in [1.29, 1.82) is 0 Å². The van der Waals surface area contributed by atoms with Crippen molar-refractivity contribution in [3.05, 3.63) is 60.7 Å². The van der Waals surface area contributed by atoms with Gasteiger partial charge in [0.25, 0.3) is 0 Å². The molecule has 2 aromatic rings. The third kappa shape index (κ3) is 2.12. The van der Waals surface area contributed by atoms with Gasteiger partial charge in [-0.15, -0.1) is 0 Å². The third-order valence-corrected chi connectivity index (χ3v) is 7.06. The van der Waals surface area contributed by atoms with Crippen LogP contribution in [0.4, 0.5) is 0 Å². The summed E-state index contributed by atoms with van der Waals surface area (Å²) >= 11 is 6.69. The first kappa shape index (κ1) is 11.6. The fraction of sp³-hybridized carbons (Fsp3) is 0.0769. The summed E-state index contributed by atoms with van der Waals surface area (Å²) in [6.07, 6.45) is 0. The van der Waals surface area contributed by atoms with E-state index in [2.05, 4.69) is 0 Å². The molecule has 2 rings (SSSR count). The van der Waals surface area contributed by atoms with E-state index in [0.717, 1.165) is 10.6 Å². The van der Waals surface area contributed by atoms with Gasteiger partial charge in [0.2, 0.25) is 0 Å². The zero-order chi connectivity index (χ0) is 11.4. The van der Waals surface area contributed by atoms with E-state index in [1.807, 2.05) is 60.7 Å². The number of hydrogen-bond donors (Lipinski definition) is 0. The first-order chi connectivity index (χ1) is 7.77. The summed E-state index contributed by atoms with van der Waals surface area (Å²) in [6, 6.07) is 20.0. The summed E-state index contributed by atoms with van der Waals surface area (Å²) in [6.45, 7) is -2.50. The molecule has 2 aromatic carbocycles. The Labute approximate surface area is 101 Å².